The van der Waals surface area contributed by atoms with E-state index < -0.39 is 5.92 Å². The maximum absolute atomic E-state index is 12.7. The van der Waals surface area contributed by atoms with Gasteiger partial charge in [0, 0.05) is 23.6 Å². The van der Waals surface area contributed by atoms with Gasteiger partial charge in [-0.1, -0.05) is 6.07 Å². The Kier molecular flexibility index (Phi) is 3.91. The third-order valence-corrected chi connectivity index (χ3v) is 5.03. The van der Waals surface area contributed by atoms with E-state index in [1.807, 2.05) is 0 Å². The highest BCUT2D eigenvalue weighted by Gasteiger charge is 2.37. The number of allylic oxidation sites excluding steroid dienone is 2. The van der Waals surface area contributed by atoms with Crippen molar-refractivity contribution in [3.63, 3.8) is 0 Å². The van der Waals surface area contributed by atoms with Gasteiger partial charge in [-0.05, 0) is 42.8 Å². The molecule has 2 aliphatic rings. The van der Waals surface area contributed by atoms with Crippen molar-refractivity contribution < 1.29 is 14.6 Å². The van der Waals surface area contributed by atoms with Crippen LogP contribution in [0.3, 0.4) is 0 Å². The monoisotopic (exact) mass is 371 g/mol. The molecule has 0 saturated carbocycles. The van der Waals surface area contributed by atoms with Crippen molar-refractivity contribution >= 4 is 23.8 Å². The van der Waals surface area contributed by atoms with Gasteiger partial charge < -0.3 is 20.1 Å². The molecule has 0 fully saturated rings. The number of carbonyl (C=O) groups excluding carboxylic acids is 1. The molecule has 2 heterocycles. The van der Waals surface area contributed by atoms with Gasteiger partial charge >= 0.3 is 0 Å². The Labute approximate surface area is 153 Å². The molecule has 4 N–H and O–H groups in total. The van der Waals surface area contributed by atoms with Gasteiger partial charge in [-0.3, -0.25) is 14.6 Å². The molecule has 0 saturated heterocycles. The van der Waals surface area contributed by atoms with Crippen LogP contribution in [0.1, 0.15) is 36.3 Å². The summed E-state index contributed by atoms with van der Waals surface area (Å²) in [5, 5.41) is 13.1. The quantitative estimate of drug-likeness (QED) is 0.605. The van der Waals surface area contributed by atoms with E-state index in [0.717, 1.165) is 18.5 Å². The van der Waals surface area contributed by atoms with Crippen LogP contribution in [0.4, 0.5) is 5.82 Å². The van der Waals surface area contributed by atoms with Gasteiger partial charge in [0.1, 0.15) is 5.82 Å². The van der Waals surface area contributed by atoms with Crippen molar-refractivity contribution in [3.8, 4) is 11.5 Å². The Morgan fingerprint density at radius 3 is 2.81 bits per heavy atom. The van der Waals surface area contributed by atoms with Crippen molar-refractivity contribution in [2.75, 3.05) is 12.4 Å². The van der Waals surface area contributed by atoms with Crippen LogP contribution in [-0.2, 0) is 4.79 Å². The average molecular weight is 371 g/mol. The Morgan fingerprint density at radius 1 is 1.23 bits per heavy atom. The van der Waals surface area contributed by atoms with Crippen molar-refractivity contribution in [2.24, 2.45) is 0 Å². The predicted molar refractivity (Wildman–Crippen MR) is 98.3 cm³/mol. The van der Waals surface area contributed by atoms with Crippen molar-refractivity contribution in [3.05, 3.63) is 55.7 Å². The summed E-state index contributed by atoms with van der Waals surface area (Å²) in [7, 11) is 1.45. The molecule has 0 spiro atoms. The van der Waals surface area contributed by atoms with Gasteiger partial charge in [0.25, 0.3) is 5.56 Å². The largest absolute Gasteiger partial charge is 0.504 e. The minimum atomic E-state index is -0.556. The number of methoxy groups -OCH3 is 1. The third kappa shape index (κ3) is 2.53. The van der Waals surface area contributed by atoms with Gasteiger partial charge in [0.15, 0.2) is 22.1 Å². The van der Waals surface area contributed by atoms with Crippen LogP contribution in [0, 0.1) is 4.77 Å². The van der Waals surface area contributed by atoms with E-state index in [0.29, 0.717) is 28.9 Å². The zero-order valence-electron chi connectivity index (χ0n) is 14.0. The van der Waals surface area contributed by atoms with E-state index in [9.17, 15) is 14.7 Å². The first-order valence-corrected chi connectivity index (χ1v) is 8.67. The summed E-state index contributed by atoms with van der Waals surface area (Å²) in [6, 6.07) is 4.86. The van der Waals surface area contributed by atoms with Crippen LogP contribution >= 0.6 is 12.2 Å². The molecular weight excluding hydrogens is 354 g/mol. The lowest BCUT2D eigenvalue weighted by molar-refractivity contribution is -0.116. The number of rotatable bonds is 2. The highest BCUT2D eigenvalue weighted by atomic mass is 32.1. The molecule has 134 valence electrons. The van der Waals surface area contributed by atoms with Crippen LogP contribution in [0.15, 0.2) is 34.3 Å². The standard InChI is InChI=1S/C18H17N3O4S/c1-25-12-7-8(5-6-10(12)22)13-14-9(3-2-4-11(14)23)19-16-15(13)17(24)21-18(26)20-16/h5-7,13,22H,2-4H2,1H3,(H3,19,20,21,24,26)/t13-/m0/s1. The highest BCUT2D eigenvalue weighted by molar-refractivity contribution is 7.71. The molecule has 7 nitrogen and oxygen atoms in total. The molecule has 1 aliphatic heterocycles. The number of carbonyl (C=O) groups is 1. The van der Waals surface area contributed by atoms with Gasteiger partial charge in [0.05, 0.1) is 12.7 Å². The fourth-order valence-corrected chi connectivity index (χ4v) is 3.90. The summed E-state index contributed by atoms with van der Waals surface area (Å²) in [6.07, 6.45) is 1.93. The number of phenols is 1. The molecule has 1 aliphatic carbocycles. The second-order valence-electron chi connectivity index (χ2n) is 6.36. The number of phenolic OH excluding ortho intramolecular Hbond substituents is 1. The zero-order chi connectivity index (χ0) is 18.4. The minimum absolute atomic E-state index is 0.00374. The number of Topliss-reactive ketones (excluding diaryl/α,β-unsaturated/α-hetero) is 1. The Bertz CT molecular complexity index is 1070. The fraction of sp³-hybridized carbons (Fsp3) is 0.278. The number of nitrogens with one attached hydrogen (secondary N) is 3. The number of aromatic nitrogens is 2. The molecular formula is C18H17N3O4S. The first kappa shape index (κ1) is 16.6. The van der Waals surface area contributed by atoms with Crippen LogP contribution in [0.2, 0.25) is 0 Å². The van der Waals surface area contributed by atoms with E-state index >= 15 is 0 Å². The van der Waals surface area contributed by atoms with Crippen LogP contribution in [0.25, 0.3) is 0 Å². The Balaban J connectivity index is 2.01. The van der Waals surface area contributed by atoms with Gasteiger partial charge in [-0.2, -0.15) is 0 Å². The minimum Gasteiger partial charge on any atom is -0.504 e. The molecule has 0 bridgehead atoms. The second-order valence-corrected chi connectivity index (χ2v) is 6.76. The maximum Gasteiger partial charge on any atom is 0.257 e. The maximum atomic E-state index is 12.7. The second kappa shape index (κ2) is 6.14. The molecule has 4 rings (SSSR count). The molecule has 8 heteroatoms. The number of anilines is 1. The molecule has 26 heavy (non-hydrogen) atoms. The molecule has 1 aromatic carbocycles. The molecule has 0 unspecified atom stereocenters. The van der Waals surface area contributed by atoms with E-state index in [1.54, 1.807) is 12.1 Å². The fourth-order valence-electron chi connectivity index (χ4n) is 3.70. The van der Waals surface area contributed by atoms with Crippen LogP contribution in [-0.4, -0.2) is 28.0 Å². The molecule has 0 amide bonds. The number of aromatic amines is 2. The van der Waals surface area contributed by atoms with Crippen molar-refractivity contribution in [1.29, 1.82) is 0 Å². The summed E-state index contributed by atoms with van der Waals surface area (Å²) in [6.45, 7) is 0. The Hall–Kier alpha value is -2.87. The van der Waals surface area contributed by atoms with Gasteiger partial charge in [-0.25, -0.2) is 0 Å². The number of aromatic hydroxyl groups is 1. The van der Waals surface area contributed by atoms with E-state index in [4.69, 9.17) is 17.0 Å². The number of hydrogen-bond acceptors (Lipinski definition) is 6. The Morgan fingerprint density at radius 2 is 2.04 bits per heavy atom. The van der Waals surface area contributed by atoms with Gasteiger partial charge in [0.2, 0.25) is 0 Å². The molecule has 1 atom stereocenters. The lowest BCUT2D eigenvalue weighted by Crippen LogP contribution is -2.32. The smallest absolute Gasteiger partial charge is 0.257 e. The normalized spacial score (nSPS) is 18.8. The van der Waals surface area contributed by atoms with Crippen LogP contribution < -0.4 is 15.6 Å². The first-order valence-electron chi connectivity index (χ1n) is 8.26. The number of H-pyrrole nitrogens is 2. The topological polar surface area (TPSA) is 107 Å². The van der Waals surface area contributed by atoms with Crippen LogP contribution in [0.5, 0.6) is 11.5 Å². The molecule has 0 radical (unpaired) electrons. The van der Waals surface area contributed by atoms with E-state index in [2.05, 4.69) is 15.3 Å². The summed E-state index contributed by atoms with van der Waals surface area (Å²) >= 11 is 5.08. The lowest BCUT2D eigenvalue weighted by atomic mass is 9.76. The molecule has 2 aromatic rings. The highest BCUT2D eigenvalue weighted by Crippen LogP contribution is 2.44. The molecule has 1 aromatic heterocycles. The third-order valence-electron chi connectivity index (χ3n) is 4.83. The summed E-state index contributed by atoms with van der Waals surface area (Å²) < 4.78 is 5.42. The summed E-state index contributed by atoms with van der Waals surface area (Å²) in [4.78, 5) is 31.0. The van der Waals surface area contributed by atoms with E-state index in [-0.39, 0.29) is 27.6 Å². The van der Waals surface area contributed by atoms with Crippen molar-refractivity contribution in [2.45, 2.75) is 25.2 Å². The SMILES string of the molecule is COc1cc([C@H]2C3=C(CCCC3=O)Nc3[nH]c(=S)[nH]c(=O)c32)ccc1O. The number of hydrogen-bond donors (Lipinski definition) is 4. The first-order chi connectivity index (χ1) is 12.5. The van der Waals surface area contributed by atoms with E-state index in [1.165, 1.54) is 13.2 Å². The number of benzene rings is 1. The zero-order valence-corrected chi connectivity index (χ0v) is 14.8. The number of ketones is 1. The lowest BCUT2D eigenvalue weighted by Gasteiger charge is -2.33. The number of ether oxygens (including phenoxy) is 1. The van der Waals surface area contributed by atoms with Gasteiger partial charge in [-0.15, -0.1) is 0 Å². The summed E-state index contributed by atoms with van der Waals surface area (Å²) in [5.74, 6) is 0.246. The average Bonchev–Trinajstić information content (AvgIpc) is 2.60. The summed E-state index contributed by atoms with van der Waals surface area (Å²) in [5.41, 5.74) is 2.15. The predicted octanol–water partition coefficient (Wildman–Crippen LogP) is 2.71. The number of fused-ring (bicyclic) bond motifs is 1. The van der Waals surface area contributed by atoms with Crippen molar-refractivity contribution in [1.82, 2.24) is 9.97 Å².